The van der Waals surface area contributed by atoms with Crippen molar-refractivity contribution in [1.29, 1.82) is 0 Å². The summed E-state index contributed by atoms with van der Waals surface area (Å²) in [5.41, 5.74) is 5.61. The Hall–Kier alpha value is -2.61. The van der Waals surface area contributed by atoms with Gasteiger partial charge in [0, 0.05) is 0 Å². The molecular formula is C23H23N2+. The molecule has 2 heterocycles. The van der Waals surface area contributed by atoms with Crippen LogP contribution in [0.5, 0.6) is 0 Å². The van der Waals surface area contributed by atoms with E-state index in [4.69, 9.17) is 2.74 Å². The van der Waals surface area contributed by atoms with Gasteiger partial charge in [-0.1, -0.05) is 42.5 Å². The monoisotopic (exact) mass is 329 g/mol. The Balaban J connectivity index is 2.03. The largest absolute Gasteiger partial charge is 0.290 e. The number of hydrogen-bond acceptors (Lipinski definition) is 0. The summed E-state index contributed by atoms with van der Waals surface area (Å²) in [6, 6.07) is 19.2. The summed E-state index contributed by atoms with van der Waals surface area (Å²) in [5, 5.41) is 2.42. The minimum atomic E-state index is -1.44. The lowest BCUT2D eigenvalue weighted by Crippen LogP contribution is -2.36. The van der Waals surface area contributed by atoms with Crippen molar-refractivity contribution in [3.63, 3.8) is 0 Å². The minimum Gasteiger partial charge on any atom is -0.226 e. The first-order valence-electron chi connectivity index (χ1n) is 10.00. The predicted molar refractivity (Wildman–Crippen MR) is 104 cm³/mol. The van der Waals surface area contributed by atoms with Crippen molar-refractivity contribution in [2.45, 2.75) is 32.7 Å². The molecule has 0 spiro atoms. The Morgan fingerprint density at radius 1 is 1.04 bits per heavy atom. The average Bonchev–Trinajstić information content (AvgIpc) is 2.95. The van der Waals surface area contributed by atoms with Crippen molar-refractivity contribution in [2.24, 2.45) is 7.05 Å². The van der Waals surface area contributed by atoms with E-state index in [9.17, 15) is 0 Å². The standard InChI is InChI=1S/C23H23N2/c1-16-10-12-18-13-11-17-7-5-6-14-25-21-9-4-3-8-20(21)24(2)23(25)22(16)19(18)15-17/h3-4,8-13,15H,5-7,14H2,1-2H3/q+1/i14D2. The normalized spacial score (nSPS) is 17.4. The highest BCUT2D eigenvalue weighted by Gasteiger charge is 2.27. The molecular weight excluding hydrogens is 304 g/mol. The van der Waals surface area contributed by atoms with E-state index < -0.39 is 6.50 Å². The molecule has 0 atom stereocenters. The number of para-hydroxylation sites is 2. The Labute approximate surface area is 151 Å². The van der Waals surface area contributed by atoms with Crippen molar-refractivity contribution in [3.05, 3.63) is 65.7 Å². The Morgan fingerprint density at radius 2 is 1.88 bits per heavy atom. The van der Waals surface area contributed by atoms with Crippen molar-refractivity contribution < 1.29 is 7.31 Å². The smallest absolute Gasteiger partial charge is 0.226 e. The van der Waals surface area contributed by atoms with Crippen LogP contribution < -0.4 is 4.57 Å². The van der Waals surface area contributed by atoms with Gasteiger partial charge in [0.15, 0.2) is 11.0 Å². The van der Waals surface area contributed by atoms with Gasteiger partial charge in [-0.15, -0.1) is 0 Å². The topological polar surface area (TPSA) is 8.81 Å². The number of benzene rings is 3. The third-order valence-corrected chi connectivity index (χ3v) is 5.44. The maximum atomic E-state index is 8.94. The Bertz CT molecular complexity index is 1200. The van der Waals surface area contributed by atoms with Gasteiger partial charge in [0.25, 0.3) is 5.82 Å². The lowest BCUT2D eigenvalue weighted by Gasteiger charge is -2.13. The summed E-state index contributed by atoms with van der Waals surface area (Å²) in [6.07, 6.45) is 2.23. The summed E-state index contributed by atoms with van der Waals surface area (Å²) >= 11 is 0. The second kappa shape index (κ2) is 5.45. The van der Waals surface area contributed by atoms with E-state index in [0.29, 0.717) is 6.42 Å². The van der Waals surface area contributed by atoms with E-state index in [-0.39, 0.29) is 0 Å². The number of aromatic nitrogens is 2. The fourth-order valence-electron chi connectivity index (χ4n) is 4.17. The van der Waals surface area contributed by atoms with Gasteiger partial charge in [-0.25, -0.2) is 9.13 Å². The molecule has 4 aromatic rings. The van der Waals surface area contributed by atoms with E-state index in [1.165, 1.54) is 21.9 Å². The van der Waals surface area contributed by atoms with E-state index in [1.807, 2.05) is 22.8 Å². The van der Waals surface area contributed by atoms with Crippen LogP contribution in [0, 0.1) is 6.92 Å². The Morgan fingerprint density at radius 3 is 2.80 bits per heavy atom. The van der Waals surface area contributed by atoms with Crippen LogP contribution in [-0.2, 0) is 20.0 Å². The molecule has 124 valence electrons. The fraction of sp³-hybridized carbons (Fsp3) is 0.261. The van der Waals surface area contributed by atoms with Gasteiger partial charge < -0.3 is 0 Å². The number of aryl methyl sites for hydroxylation is 4. The molecule has 0 saturated heterocycles. The summed E-state index contributed by atoms with van der Waals surface area (Å²) in [4.78, 5) is 0. The summed E-state index contributed by atoms with van der Waals surface area (Å²) in [7, 11) is 2.05. The number of imidazole rings is 1. The number of fused-ring (bicyclic) bond motifs is 5. The van der Waals surface area contributed by atoms with Crippen molar-refractivity contribution in [1.82, 2.24) is 4.57 Å². The van der Waals surface area contributed by atoms with Crippen LogP contribution in [-0.4, -0.2) is 4.57 Å². The van der Waals surface area contributed by atoms with Crippen molar-refractivity contribution in [2.75, 3.05) is 0 Å². The predicted octanol–water partition coefficient (Wildman–Crippen LogP) is 4.93. The van der Waals surface area contributed by atoms with Gasteiger partial charge in [-0.2, -0.15) is 0 Å². The molecule has 2 bridgehead atoms. The van der Waals surface area contributed by atoms with Crippen LogP contribution in [0.1, 0.15) is 26.7 Å². The highest BCUT2D eigenvalue weighted by molar-refractivity contribution is 5.97. The zero-order chi connectivity index (χ0) is 18.8. The zero-order valence-corrected chi connectivity index (χ0v) is 14.7. The van der Waals surface area contributed by atoms with Crippen LogP contribution in [0.4, 0.5) is 0 Å². The van der Waals surface area contributed by atoms with Gasteiger partial charge in [-0.3, -0.25) is 0 Å². The summed E-state index contributed by atoms with van der Waals surface area (Å²) < 4.78 is 22.0. The molecule has 0 amide bonds. The molecule has 0 fully saturated rings. The SMILES string of the molecule is [2H]C1([2H])CCCc2ccc3ccc(C)c(c3c2)-c2n(C)c3ccccc3[n+]21. The number of nitrogens with zero attached hydrogens (tertiary/aromatic N) is 2. The molecule has 1 aliphatic heterocycles. The average molecular weight is 329 g/mol. The van der Waals surface area contributed by atoms with Gasteiger partial charge >= 0.3 is 0 Å². The van der Waals surface area contributed by atoms with E-state index >= 15 is 0 Å². The molecule has 0 N–H and O–H groups in total. The molecule has 0 unspecified atom stereocenters. The zero-order valence-electron chi connectivity index (χ0n) is 16.7. The van der Waals surface area contributed by atoms with Crippen LogP contribution in [0.3, 0.4) is 0 Å². The van der Waals surface area contributed by atoms with Gasteiger partial charge in [0.1, 0.15) is 0 Å². The molecule has 0 aliphatic carbocycles. The number of rotatable bonds is 0. The van der Waals surface area contributed by atoms with Gasteiger partial charge in [0.05, 0.1) is 21.8 Å². The second-order valence-electron chi connectivity index (χ2n) is 7.03. The molecule has 25 heavy (non-hydrogen) atoms. The molecule has 5 rings (SSSR count). The maximum absolute atomic E-state index is 8.94. The second-order valence-corrected chi connectivity index (χ2v) is 7.03. The van der Waals surface area contributed by atoms with Crippen molar-refractivity contribution >= 4 is 21.8 Å². The lowest BCUT2D eigenvalue weighted by atomic mass is 9.95. The molecule has 3 aromatic carbocycles. The van der Waals surface area contributed by atoms with E-state index in [1.54, 1.807) is 0 Å². The third-order valence-electron chi connectivity index (χ3n) is 5.44. The minimum absolute atomic E-state index is 0.498. The molecule has 2 nitrogen and oxygen atoms in total. The molecule has 2 heteroatoms. The first-order valence-corrected chi connectivity index (χ1v) is 9.00. The van der Waals surface area contributed by atoms with Crippen LogP contribution in [0.15, 0.2) is 54.6 Å². The molecule has 0 radical (unpaired) electrons. The quantitative estimate of drug-likeness (QED) is 0.404. The first kappa shape index (κ1) is 12.7. The Kier molecular flexibility index (Phi) is 2.77. The summed E-state index contributed by atoms with van der Waals surface area (Å²) in [6.45, 7) is 0.687. The van der Waals surface area contributed by atoms with E-state index in [2.05, 4.69) is 54.9 Å². The van der Waals surface area contributed by atoms with Crippen LogP contribution in [0.25, 0.3) is 33.2 Å². The summed E-state index contributed by atoms with van der Waals surface area (Å²) in [5.74, 6) is 0.948. The van der Waals surface area contributed by atoms with Gasteiger partial charge in [0.2, 0.25) is 0 Å². The highest BCUT2D eigenvalue weighted by atomic mass is 15.2. The first-order chi connectivity index (χ1) is 13.0. The third kappa shape index (κ3) is 2.13. The van der Waals surface area contributed by atoms with Crippen molar-refractivity contribution in [3.8, 4) is 11.4 Å². The van der Waals surface area contributed by atoms with E-state index in [0.717, 1.165) is 35.3 Å². The van der Waals surface area contributed by atoms with Crippen LogP contribution >= 0.6 is 0 Å². The number of hydrogen-bond donors (Lipinski definition) is 0. The molecule has 1 aliphatic rings. The highest BCUT2D eigenvalue weighted by Crippen LogP contribution is 2.33. The maximum Gasteiger partial charge on any atom is 0.290 e. The molecule has 0 saturated carbocycles. The molecule has 1 aromatic heterocycles. The van der Waals surface area contributed by atoms with Gasteiger partial charge in [-0.05, 0) is 60.2 Å². The lowest BCUT2D eigenvalue weighted by molar-refractivity contribution is -0.661. The fourth-order valence-corrected chi connectivity index (χ4v) is 4.17. The van der Waals surface area contributed by atoms with Crippen LogP contribution in [0.2, 0.25) is 0 Å².